The van der Waals surface area contributed by atoms with Gasteiger partial charge < -0.3 is 0 Å². The highest BCUT2D eigenvalue weighted by Gasteiger charge is 2.09. The second kappa shape index (κ2) is 10.7. The summed E-state index contributed by atoms with van der Waals surface area (Å²) in [6.45, 7) is 8.27. The van der Waals surface area contributed by atoms with Gasteiger partial charge in [-0.25, -0.2) is 9.78 Å². The Morgan fingerprint density at radius 1 is 0.875 bits per heavy atom. The van der Waals surface area contributed by atoms with Gasteiger partial charge in [0.25, 0.3) is 0 Å². The van der Waals surface area contributed by atoms with Crippen molar-refractivity contribution in [3.63, 3.8) is 0 Å². The van der Waals surface area contributed by atoms with Crippen molar-refractivity contribution < 1.29 is 14.3 Å². The molecule has 0 unspecified atom stereocenters. The molecular weight excluding hydrogens is 401 g/mol. The zero-order valence-corrected chi connectivity index (χ0v) is 19.0. The van der Waals surface area contributed by atoms with E-state index in [9.17, 15) is 9.32 Å². The van der Waals surface area contributed by atoms with Crippen LogP contribution in [0.4, 0.5) is 4.53 Å². The summed E-state index contributed by atoms with van der Waals surface area (Å²) in [5.74, 6) is -0.854. The molecule has 1 heterocycles. The quantitative estimate of drug-likeness (QED) is 0.328. The van der Waals surface area contributed by atoms with Crippen LogP contribution in [0.25, 0.3) is 33.3 Å². The number of fused-ring (bicyclic) bond motifs is 1. The van der Waals surface area contributed by atoms with Crippen LogP contribution in [-0.2, 0) is 16.2 Å². The molecule has 0 aliphatic rings. The lowest BCUT2D eigenvalue weighted by Crippen LogP contribution is -1.99. The normalized spacial score (nSPS) is 10.4. The van der Waals surface area contributed by atoms with Crippen molar-refractivity contribution >= 4 is 16.9 Å². The van der Waals surface area contributed by atoms with Gasteiger partial charge >= 0.3 is 5.97 Å². The maximum atomic E-state index is 11.9. The van der Waals surface area contributed by atoms with Crippen molar-refractivity contribution in [2.24, 2.45) is 0 Å². The SMILES string of the molecule is CC.Cc1cccc(C)c1-c1cccc(-c2ccc3cc(CCC(=O)OF)ccc3n2)c1. The lowest BCUT2D eigenvalue weighted by atomic mass is 9.94. The molecule has 0 saturated heterocycles. The molecule has 1 aromatic heterocycles. The van der Waals surface area contributed by atoms with Crippen molar-refractivity contribution in [1.29, 1.82) is 0 Å². The Morgan fingerprint density at radius 2 is 1.56 bits per heavy atom. The fourth-order valence-corrected chi connectivity index (χ4v) is 3.88. The van der Waals surface area contributed by atoms with Crippen LogP contribution < -0.4 is 0 Å². The molecule has 0 spiro atoms. The van der Waals surface area contributed by atoms with Crippen molar-refractivity contribution in [2.75, 3.05) is 0 Å². The highest BCUT2D eigenvalue weighted by atomic mass is 19.3. The molecule has 3 nitrogen and oxygen atoms in total. The first kappa shape index (κ1) is 23.1. The molecule has 32 heavy (non-hydrogen) atoms. The first-order valence-corrected chi connectivity index (χ1v) is 10.9. The zero-order chi connectivity index (χ0) is 23.1. The van der Waals surface area contributed by atoms with E-state index in [1.165, 1.54) is 22.3 Å². The van der Waals surface area contributed by atoms with Gasteiger partial charge in [-0.05, 0) is 72.4 Å². The molecule has 4 rings (SSSR count). The number of hydrogen-bond acceptors (Lipinski definition) is 3. The van der Waals surface area contributed by atoms with Gasteiger partial charge in [0.05, 0.1) is 17.6 Å². The number of nitrogens with zero attached hydrogens (tertiary/aromatic N) is 1. The van der Waals surface area contributed by atoms with Crippen LogP contribution in [0, 0.1) is 13.8 Å². The number of pyridine rings is 1. The summed E-state index contributed by atoms with van der Waals surface area (Å²) >= 11 is 0. The third-order valence-corrected chi connectivity index (χ3v) is 5.39. The molecule has 3 aromatic carbocycles. The summed E-state index contributed by atoms with van der Waals surface area (Å²) in [5, 5.41) is 0.982. The first-order valence-electron chi connectivity index (χ1n) is 10.9. The monoisotopic (exact) mass is 429 g/mol. The van der Waals surface area contributed by atoms with Crippen molar-refractivity contribution in [3.05, 3.63) is 89.5 Å². The van der Waals surface area contributed by atoms with Gasteiger partial charge in [-0.3, -0.25) is 4.94 Å². The predicted molar refractivity (Wildman–Crippen MR) is 129 cm³/mol. The average Bonchev–Trinajstić information content (AvgIpc) is 2.83. The highest BCUT2D eigenvalue weighted by Crippen LogP contribution is 2.31. The maximum Gasteiger partial charge on any atom is 0.349 e. The van der Waals surface area contributed by atoms with Gasteiger partial charge in [-0.15, -0.1) is 0 Å². The molecule has 0 radical (unpaired) electrons. The molecule has 0 amide bonds. The van der Waals surface area contributed by atoms with Crippen LogP contribution >= 0.6 is 0 Å². The average molecular weight is 430 g/mol. The second-order valence-electron chi connectivity index (χ2n) is 7.52. The van der Waals surface area contributed by atoms with Crippen molar-refractivity contribution in [2.45, 2.75) is 40.5 Å². The molecule has 0 fully saturated rings. The number of rotatable bonds is 5. The minimum atomic E-state index is -0.854. The molecule has 164 valence electrons. The Balaban J connectivity index is 0.00000141. The molecule has 0 aliphatic heterocycles. The molecule has 0 aliphatic carbocycles. The fourth-order valence-electron chi connectivity index (χ4n) is 3.88. The molecule has 0 saturated carbocycles. The number of halogens is 1. The summed E-state index contributed by atoms with van der Waals surface area (Å²) in [7, 11) is 0. The zero-order valence-electron chi connectivity index (χ0n) is 19.0. The summed E-state index contributed by atoms with van der Waals surface area (Å²) < 4.78 is 11.9. The number of aryl methyl sites for hydroxylation is 3. The predicted octanol–water partition coefficient (Wildman–Crippen LogP) is 7.57. The van der Waals surface area contributed by atoms with Crippen LogP contribution in [-0.4, -0.2) is 11.0 Å². The third-order valence-electron chi connectivity index (χ3n) is 5.39. The number of aromatic nitrogens is 1. The van der Waals surface area contributed by atoms with Crippen LogP contribution in [0.1, 0.15) is 37.0 Å². The Labute approximate surface area is 188 Å². The van der Waals surface area contributed by atoms with Crippen molar-refractivity contribution in [3.8, 4) is 22.4 Å². The standard InChI is InChI=1S/C26H22FNO2.C2H6/c1-17-5-3-6-18(2)26(17)22-8-4-7-20(16-22)24-13-11-21-15-19(9-12-23(21)28-24)10-14-25(29)30-27;1-2/h3-9,11-13,15-16H,10,14H2,1-2H3;1-2H3. The van der Waals surface area contributed by atoms with Crippen molar-refractivity contribution in [1.82, 2.24) is 4.98 Å². The molecule has 4 heteroatoms. The maximum absolute atomic E-state index is 11.9. The van der Waals surface area contributed by atoms with Gasteiger partial charge in [0, 0.05) is 15.5 Å². The van der Waals surface area contributed by atoms with E-state index >= 15 is 0 Å². The highest BCUT2D eigenvalue weighted by molar-refractivity contribution is 5.83. The van der Waals surface area contributed by atoms with Gasteiger partial charge in [0.1, 0.15) is 0 Å². The van der Waals surface area contributed by atoms with Crippen LogP contribution in [0.15, 0.2) is 72.8 Å². The van der Waals surface area contributed by atoms with E-state index in [2.05, 4.69) is 61.3 Å². The Morgan fingerprint density at radius 3 is 2.28 bits per heavy atom. The summed E-state index contributed by atoms with van der Waals surface area (Å²) in [4.78, 5) is 19.1. The molecule has 4 aromatic rings. The second-order valence-corrected chi connectivity index (χ2v) is 7.52. The Hall–Kier alpha value is -3.53. The molecular formula is C28H28FNO2. The van der Waals surface area contributed by atoms with Crippen LogP contribution in [0.2, 0.25) is 0 Å². The number of carbonyl (C=O) groups excluding carboxylic acids is 1. The third kappa shape index (κ3) is 5.20. The number of carbonyl (C=O) groups is 1. The molecule has 0 bridgehead atoms. The van der Waals surface area contributed by atoms with Gasteiger partial charge in [0.15, 0.2) is 0 Å². The number of hydrogen-bond donors (Lipinski definition) is 0. The van der Waals surface area contributed by atoms with E-state index in [0.29, 0.717) is 6.42 Å². The first-order chi connectivity index (χ1) is 15.5. The van der Waals surface area contributed by atoms with E-state index < -0.39 is 5.97 Å². The minimum Gasteiger partial charge on any atom is -0.255 e. The van der Waals surface area contributed by atoms with Gasteiger partial charge in [-0.1, -0.05) is 62.4 Å². The lowest BCUT2D eigenvalue weighted by molar-refractivity contribution is -0.183. The largest absolute Gasteiger partial charge is 0.349 e. The number of benzene rings is 3. The van der Waals surface area contributed by atoms with Gasteiger partial charge in [-0.2, -0.15) is 0 Å². The Kier molecular flexibility index (Phi) is 7.72. The lowest BCUT2D eigenvalue weighted by Gasteiger charge is -2.12. The van der Waals surface area contributed by atoms with E-state index in [1.54, 1.807) is 0 Å². The molecule has 0 N–H and O–H groups in total. The fraction of sp³-hybridized carbons (Fsp3) is 0.214. The molecule has 0 atom stereocenters. The van der Waals surface area contributed by atoms with Crippen LogP contribution in [0.3, 0.4) is 0 Å². The van der Waals surface area contributed by atoms with E-state index in [1.807, 2.05) is 44.2 Å². The van der Waals surface area contributed by atoms with Crippen LogP contribution in [0.5, 0.6) is 0 Å². The van der Waals surface area contributed by atoms with E-state index in [4.69, 9.17) is 4.98 Å². The summed E-state index contributed by atoms with van der Waals surface area (Å²) in [6.07, 6.45) is 0.441. The Bertz CT molecular complexity index is 1210. The van der Waals surface area contributed by atoms with E-state index in [-0.39, 0.29) is 6.42 Å². The smallest absolute Gasteiger partial charge is 0.255 e. The summed E-state index contributed by atoms with van der Waals surface area (Å²) in [6, 6.07) is 24.7. The summed E-state index contributed by atoms with van der Waals surface area (Å²) in [5.41, 5.74) is 8.74. The topological polar surface area (TPSA) is 39.2 Å². The van der Waals surface area contributed by atoms with Gasteiger partial charge in [0.2, 0.25) is 0 Å². The van der Waals surface area contributed by atoms with E-state index in [0.717, 1.165) is 27.7 Å². The minimum absolute atomic E-state index is 0.0125.